The van der Waals surface area contributed by atoms with Crippen molar-refractivity contribution >= 4 is 34.8 Å². The van der Waals surface area contributed by atoms with Crippen LogP contribution in [-0.2, 0) is 11.2 Å². The third-order valence-corrected chi connectivity index (χ3v) is 6.14. The molecule has 2 N–H and O–H groups in total. The van der Waals surface area contributed by atoms with E-state index in [4.69, 9.17) is 4.74 Å². The van der Waals surface area contributed by atoms with Crippen LogP contribution in [0.2, 0.25) is 0 Å². The predicted molar refractivity (Wildman–Crippen MR) is 112 cm³/mol. The number of nitrogens with zero attached hydrogens (tertiary/aromatic N) is 1. The summed E-state index contributed by atoms with van der Waals surface area (Å²) in [6.45, 7) is 5.06. The lowest BCUT2D eigenvalue weighted by Crippen LogP contribution is -2.34. The third-order valence-electron chi connectivity index (χ3n) is 5.38. The maximum absolute atomic E-state index is 12.4. The van der Waals surface area contributed by atoms with E-state index in [-0.39, 0.29) is 18.3 Å². The van der Waals surface area contributed by atoms with E-state index >= 15 is 0 Å². The first-order chi connectivity index (χ1) is 12.7. The lowest BCUT2D eigenvalue weighted by atomic mass is 9.85. The Hall–Kier alpha value is -1.63. The standard InChI is InChI=1S/C20H25N3O2S.ClH/c1-13(16-3-2-7-21-11-16)9-19(24)23-20-22-17(12-26-20)14-4-5-18-15(10-14)6-8-25-18;/h4-5,10,12-13,16,21H,2-3,6-9,11H2,1H3,(H,22,23,24);1H. The Morgan fingerprint density at radius 3 is 3.19 bits per heavy atom. The van der Waals surface area contributed by atoms with Gasteiger partial charge in [-0.2, -0.15) is 0 Å². The van der Waals surface area contributed by atoms with Crippen LogP contribution in [0, 0.1) is 11.8 Å². The van der Waals surface area contributed by atoms with Gasteiger partial charge in [-0.1, -0.05) is 6.92 Å². The zero-order chi connectivity index (χ0) is 17.9. The van der Waals surface area contributed by atoms with Crippen molar-refractivity contribution in [3.8, 4) is 17.0 Å². The summed E-state index contributed by atoms with van der Waals surface area (Å²) in [4.78, 5) is 17.0. The van der Waals surface area contributed by atoms with Gasteiger partial charge in [-0.3, -0.25) is 4.79 Å². The molecule has 27 heavy (non-hydrogen) atoms. The van der Waals surface area contributed by atoms with Crippen molar-refractivity contribution in [3.63, 3.8) is 0 Å². The highest BCUT2D eigenvalue weighted by Gasteiger charge is 2.22. The molecule has 0 saturated carbocycles. The molecule has 7 heteroatoms. The number of fused-ring (bicyclic) bond motifs is 1. The van der Waals surface area contributed by atoms with Crippen LogP contribution in [0.1, 0.15) is 31.7 Å². The van der Waals surface area contributed by atoms with Gasteiger partial charge in [0, 0.05) is 23.8 Å². The number of hydrogen-bond acceptors (Lipinski definition) is 5. The Morgan fingerprint density at radius 2 is 2.37 bits per heavy atom. The largest absolute Gasteiger partial charge is 0.493 e. The van der Waals surface area contributed by atoms with E-state index in [1.165, 1.54) is 29.7 Å². The molecule has 0 spiro atoms. The number of thiazole rings is 1. The SMILES string of the molecule is CC(CC(=O)Nc1nc(-c2ccc3c(c2)CCO3)cs1)C1CCCNC1.Cl. The smallest absolute Gasteiger partial charge is 0.226 e. The summed E-state index contributed by atoms with van der Waals surface area (Å²) in [6.07, 6.45) is 3.92. The van der Waals surface area contributed by atoms with Gasteiger partial charge in [0.1, 0.15) is 5.75 Å². The molecule has 0 bridgehead atoms. The van der Waals surface area contributed by atoms with Crippen LogP contribution in [0.3, 0.4) is 0 Å². The van der Waals surface area contributed by atoms with E-state index in [1.807, 2.05) is 17.5 Å². The Morgan fingerprint density at radius 1 is 1.48 bits per heavy atom. The number of ether oxygens (including phenoxy) is 1. The summed E-state index contributed by atoms with van der Waals surface area (Å²) >= 11 is 1.48. The maximum atomic E-state index is 12.4. The lowest BCUT2D eigenvalue weighted by Gasteiger charge is -2.27. The van der Waals surface area contributed by atoms with Crippen LogP contribution < -0.4 is 15.4 Å². The molecule has 2 unspecified atom stereocenters. The van der Waals surface area contributed by atoms with Gasteiger partial charge in [-0.15, -0.1) is 23.7 Å². The summed E-state index contributed by atoms with van der Waals surface area (Å²) in [6, 6.07) is 6.18. The molecule has 1 saturated heterocycles. The monoisotopic (exact) mass is 407 g/mol. The molecule has 5 nitrogen and oxygen atoms in total. The first-order valence-electron chi connectivity index (χ1n) is 9.41. The third kappa shape index (κ3) is 4.81. The zero-order valence-electron chi connectivity index (χ0n) is 15.5. The number of amides is 1. The summed E-state index contributed by atoms with van der Waals surface area (Å²) in [5.74, 6) is 2.02. The fraction of sp³-hybridized carbons (Fsp3) is 0.500. The Labute approximate surface area is 170 Å². The molecule has 2 atom stereocenters. The maximum Gasteiger partial charge on any atom is 0.226 e. The number of carbonyl (C=O) groups is 1. The van der Waals surface area contributed by atoms with Gasteiger partial charge in [-0.05, 0) is 61.5 Å². The number of halogens is 1. The number of hydrogen-bond donors (Lipinski definition) is 2. The second-order valence-electron chi connectivity index (χ2n) is 7.29. The molecule has 0 aliphatic carbocycles. The van der Waals surface area contributed by atoms with E-state index in [1.54, 1.807) is 0 Å². The topological polar surface area (TPSA) is 63.2 Å². The first-order valence-corrected chi connectivity index (χ1v) is 10.3. The second-order valence-corrected chi connectivity index (χ2v) is 8.15. The summed E-state index contributed by atoms with van der Waals surface area (Å²) in [7, 11) is 0. The molecule has 2 aliphatic heterocycles. The van der Waals surface area contributed by atoms with E-state index in [0.29, 0.717) is 23.4 Å². The summed E-state index contributed by atoms with van der Waals surface area (Å²) in [5, 5.41) is 9.08. The fourth-order valence-corrected chi connectivity index (χ4v) is 4.54. The number of carbonyl (C=O) groups excluding carboxylic acids is 1. The molecule has 1 aromatic carbocycles. The molecule has 2 aliphatic rings. The van der Waals surface area contributed by atoms with Crippen LogP contribution in [0.4, 0.5) is 5.13 Å². The van der Waals surface area contributed by atoms with Crippen molar-refractivity contribution in [1.29, 1.82) is 0 Å². The Kier molecular flexibility index (Phi) is 6.73. The fourth-order valence-electron chi connectivity index (χ4n) is 3.80. The molecule has 3 heterocycles. The molecule has 146 valence electrons. The minimum atomic E-state index is 0. The number of aromatic nitrogens is 1. The number of nitrogens with one attached hydrogen (secondary N) is 2. The van der Waals surface area contributed by atoms with Crippen LogP contribution in [0.15, 0.2) is 23.6 Å². The van der Waals surface area contributed by atoms with Crippen molar-refractivity contribution in [2.24, 2.45) is 11.8 Å². The highest BCUT2D eigenvalue weighted by Crippen LogP contribution is 2.32. The highest BCUT2D eigenvalue weighted by atomic mass is 35.5. The van der Waals surface area contributed by atoms with Gasteiger partial charge in [0.15, 0.2) is 5.13 Å². The van der Waals surface area contributed by atoms with Crippen molar-refractivity contribution < 1.29 is 9.53 Å². The second kappa shape index (κ2) is 9.04. The Bertz CT molecular complexity index is 789. The van der Waals surface area contributed by atoms with Crippen LogP contribution in [-0.4, -0.2) is 30.6 Å². The van der Waals surface area contributed by atoms with Crippen molar-refractivity contribution in [3.05, 3.63) is 29.1 Å². The van der Waals surface area contributed by atoms with Crippen molar-refractivity contribution in [1.82, 2.24) is 10.3 Å². The van der Waals surface area contributed by atoms with Crippen molar-refractivity contribution in [2.75, 3.05) is 25.0 Å². The molecule has 1 fully saturated rings. The van der Waals surface area contributed by atoms with Crippen molar-refractivity contribution in [2.45, 2.75) is 32.6 Å². The van der Waals surface area contributed by atoms with Crippen LogP contribution in [0.25, 0.3) is 11.3 Å². The molecule has 1 aromatic heterocycles. The number of rotatable bonds is 5. The number of anilines is 1. The predicted octanol–water partition coefficient (Wildman–Crippen LogP) is 4.13. The van der Waals surface area contributed by atoms with Crippen LogP contribution in [0.5, 0.6) is 5.75 Å². The average Bonchev–Trinajstić information content (AvgIpc) is 3.30. The zero-order valence-corrected chi connectivity index (χ0v) is 17.1. The normalized spacial score (nSPS) is 19.5. The number of piperidine rings is 1. The minimum absolute atomic E-state index is 0. The van der Waals surface area contributed by atoms with Gasteiger partial charge in [-0.25, -0.2) is 4.98 Å². The highest BCUT2D eigenvalue weighted by molar-refractivity contribution is 7.14. The molecular formula is C20H26ClN3O2S. The van der Waals surface area contributed by atoms with Gasteiger partial charge in [0.05, 0.1) is 12.3 Å². The summed E-state index contributed by atoms with van der Waals surface area (Å²) < 4.78 is 5.55. The van der Waals surface area contributed by atoms with E-state index in [2.05, 4.69) is 28.6 Å². The summed E-state index contributed by atoms with van der Waals surface area (Å²) in [5.41, 5.74) is 3.22. The quantitative estimate of drug-likeness (QED) is 0.782. The average molecular weight is 408 g/mol. The molecule has 1 amide bonds. The number of benzene rings is 1. The van der Waals surface area contributed by atoms with E-state index in [9.17, 15) is 4.79 Å². The van der Waals surface area contributed by atoms with Crippen LogP contribution >= 0.6 is 23.7 Å². The lowest BCUT2D eigenvalue weighted by molar-refractivity contribution is -0.117. The molecular weight excluding hydrogens is 382 g/mol. The molecule has 0 radical (unpaired) electrons. The van der Waals surface area contributed by atoms with Gasteiger partial charge < -0.3 is 15.4 Å². The van der Waals surface area contributed by atoms with Gasteiger partial charge >= 0.3 is 0 Å². The Balaban J connectivity index is 0.00000210. The molecule has 2 aromatic rings. The van der Waals surface area contributed by atoms with Gasteiger partial charge in [0.2, 0.25) is 5.91 Å². The van der Waals surface area contributed by atoms with E-state index in [0.717, 1.165) is 43.1 Å². The minimum Gasteiger partial charge on any atom is -0.493 e. The molecule has 4 rings (SSSR count). The van der Waals surface area contributed by atoms with E-state index < -0.39 is 0 Å². The van der Waals surface area contributed by atoms with Gasteiger partial charge in [0.25, 0.3) is 0 Å². The first kappa shape index (κ1) is 20.1.